The zero-order valence-electron chi connectivity index (χ0n) is 18.3. The first-order valence-electron chi connectivity index (χ1n) is 11.4. The molecule has 1 unspecified atom stereocenters. The summed E-state index contributed by atoms with van der Waals surface area (Å²) in [7, 11) is 2.17. The van der Waals surface area contributed by atoms with Crippen molar-refractivity contribution in [2.75, 3.05) is 13.6 Å². The van der Waals surface area contributed by atoms with Crippen molar-refractivity contribution in [3.05, 3.63) is 53.2 Å². The quantitative estimate of drug-likeness (QED) is 0.710. The fourth-order valence-corrected chi connectivity index (χ4v) is 4.96. The lowest BCUT2D eigenvalue weighted by Crippen LogP contribution is -2.52. The molecule has 3 aliphatic rings. The Hall–Kier alpha value is -3.06. The molecule has 2 aromatic rings. The van der Waals surface area contributed by atoms with E-state index in [0.29, 0.717) is 18.5 Å². The summed E-state index contributed by atoms with van der Waals surface area (Å²) in [4.78, 5) is 45.1. The number of nitrogens with one attached hydrogen (secondary N) is 1. The molecular weight excluding hydrogens is 404 g/mol. The SMILES string of the molecule is CN(Cc1ccnc(-c2ccc3c(c2)CN(C2CCC(=O)NC2=O)C3=O)c1)CC1CCC1. The van der Waals surface area contributed by atoms with Gasteiger partial charge in [0.1, 0.15) is 6.04 Å². The third kappa shape index (κ3) is 4.05. The van der Waals surface area contributed by atoms with Gasteiger partial charge in [-0.1, -0.05) is 12.5 Å². The van der Waals surface area contributed by atoms with Crippen LogP contribution in [-0.2, 0) is 22.7 Å². The Morgan fingerprint density at radius 3 is 2.72 bits per heavy atom. The predicted octanol–water partition coefficient (Wildman–Crippen LogP) is 2.74. The molecule has 0 bridgehead atoms. The Labute approximate surface area is 187 Å². The lowest BCUT2D eigenvalue weighted by molar-refractivity contribution is -0.136. The second-order valence-corrected chi connectivity index (χ2v) is 9.31. The normalized spacial score (nSPS) is 21.0. The van der Waals surface area contributed by atoms with Gasteiger partial charge in [-0.15, -0.1) is 0 Å². The molecule has 2 aliphatic heterocycles. The minimum Gasteiger partial charge on any atom is -0.322 e. The number of carbonyl (C=O) groups excluding carboxylic acids is 3. The second-order valence-electron chi connectivity index (χ2n) is 9.31. The molecule has 7 nitrogen and oxygen atoms in total. The maximum atomic E-state index is 12.9. The number of carbonyl (C=O) groups is 3. The Morgan fingerprint density at radius 2 is 1.97 bits per heavy atom. The highest BCUT2D eigenvalue weighted by Gasteiger charge is 2.39. The van der Waals surface area contributed by atoms with Gasteiger partial charge in [-0.3, -0.25) is 24.7 Å². The lowest BCUT2D eigenvalue weighted by Gasteiger charge is -2.30. The van der Waals surface area contributed by atoms with E-state index < -0.39 is 6.04 Å². The Bertz CT molecular complexity index is 1080. The number of aromatic nitrogens is 1. The highest BCUT2D eigenvalue weighted by atomic mass is 16.2. The average molecular weight is 433 g/mol. The molecule has 0 spiro atoms. The summed E-state index contributed by atoms with van der Waals surface area (Å²) in [6, 6.07) is 9.34. The first-order valence-corrected chi connectivity index (χ1v) is 11.4. The molecule has 166 valence electrons. The van der Waals surface area contributed by atoms with E-state index in [0.717, 1.165) is 35.8 Å². The Kier molecular flexibility index (Phi) is 5.51. The number of fused-ring (bicyclic) bond motifs is 1. The van der Waals surface area contributed by atoms with Crippen molar-refractivity contribution in [3.63, 3.8) is 0 Å². The van der Waals surface area contributed by atoms with Crippen LogP contribution in [0, 0.1) is 5.92 Å². The van der Waals surface area contributed by atoms with E-state index in [-0.39, 0.29) is 24.1 Å². The molecule has 1 N–H and O–H groups in total. The summed E-state index contributed by atoms with van der Waals surface area (Å²) in [6.07, 6.45) is 6.52. The minimum absolute atomic E-state index is 0.152. The van der Waals surface area contributed by atoms with Crippen LogP contribution in [0.5, 0.6) is 0 Å². The van der Waals surface area contributed by atoms with Crippen LogP contribution >= 0.6 is 0 Å². The van der Waals surface area contributed by atoms with Gasteiger partial charge < -0.3 is 9.80 Å². The highest BCUT2D eigenvalue weighted by molar-refractivity contribution is 6.05. The van der Waals surface area contributed by atoms with Crippen molar-refractivity contribution >= 4 is 17.7 Å². The molecule has 2 fully saturated rings. The number of imide groups is 1. The van der Waals surface area contributed by atoms with Crippen LogP contribution in [0.1, 0.15) is 53.6 Å². The topological polar surface area (TPSA) is 82.6 Å². The van der Waals surface area contributed by atoms with Gasteiger partial charge >= 0.3 is 0 Å². The van der Waals surface area contributed by atoms with E-state index in [4.69, 9.17) is 0 Å². The summed E-state index contributed by atoms with van der Waals surface area (Å²) in [5, 5.41) is 2.35. The van der Waals surface area contributed by atoms with E-state index in [1.165, 1.54) is 24.8 Å². The van der Waals surface area contributed by atoms with Crippen molar-refractivity contribution in [2.45, 2.75) is 51.2 Å². The Morgan fingerprint density at radius 1 is 1.12 bits per heavy atom. The third-order valence-electron chi connectivity index (χ3n) is 6.89. The summed E-state index contributed by atoms with van der Waals surface area (Å²) in [6.45, 7) is 2.39. The van der Waals surface area contributed by atoms with Gasteiger partial charge in [0.25, 0.3) is 5.91 Å². The molecule has 1 saturated carbocycles. The number of benzene rings is 1. The van der Waals surface area contributed by atoms with Crippen LogP contribution in [0.25, 0.3) is 11.3 Å². The van der Waals surface area contributed by atoms with E-state index >= 15 is 0 Å². The standard InChI is InChI=1S/C25H28N4O3/c1-28(13-16-3-2-4-16)14-17-9-10-26-21(11-17)18-5-6-20-19(12-18)15-29(25(20)32)22-7-8-23(30)27-24(22)31/h5-6,9-12,16,22H,2-4,7-8,13-15H2,1H3,(H,27,30,31). The number of piperidine rings is 1. The van der Waals surface area contributed by atoms with Crippen LogP contribution in [-0.4, -0.2) is 52.1 Å². The van der Waals surface area contributed by atoms with Gasteiger partial charge in [0.05, 0.1) is 5.69 Å². The second kappa shape index (κ2) is 8.47. The fourth-order valence-electron chi connectivity index (χ4n) is 4.96. The van der Waals surface area contributed by atoms with Crippen molar-refractivity contribution < 1.29 is 14.4 Å². The van der Waals surface area contributed by atoms with Crippen LogP contribution in [0.15, 0.2) is 36.5 Å². The van der Waals surface area contributed by atoms with E-state index in [1.807, 2.05) is 24.4 Å². The molecule has 1 aromatic heterocycles. The monoisotopic (exact) mass is 432 g/mol. The number of pyridine rings is 1. The number of rotatable bonds is 6. The van der Waals surface area contributed by atoms with Gasteiger partial charge in [-0.25, -0.2) is 0 Å². The number of amides is 3. The summed E-state index contributed by atoms with van der Waals surface area (Å²) < 4.78 is 0. The van der Waals surface area contributed by atoms with Crippen LogP contribution in [0.2, 0.25) is 0 Å². The van der Waals surface area contributed by atoms with Gasteiger partial charge in [0.2, 0.25) is 11.8 Å². The van der Waals surface area contributed by atoms with Crippen molar-refractivity contribution in [1.82, 2.24) is 20.1 Å². The molecule has 1 atom stereocenters. The molecule has 5 rings (SSSR count). The van der Waals surface area contributed by atoms with Gasteiger partial charge in [-0.05, 0) is 67.6 Å². The molecule has 32 heavy (non-hydrogen) atoms. The number of nitrogens with zero attached hydrogens (tertiary/aromatic N) is 3. The van der Waals surface area contributed by atoms with Crippen molar-refractivity contribution in [2.24, 2.45) is 5.92 Å². The highest BCUT2D eigenvalue weighted by Crippen LogP contribution is 2.31. The predicted molar refractivity (Wildman–Crippen MR) is 119 cm³/mol. The van der Waals surface area contributed by atoms with E-state index in [9.17, 15) is 14.4 Å². The van der Waals surface area contributed by atoms with Gasteiger partial charge in [0.15, 0.2) is 0 Å². The minimum atomic E-state index is -0.594. The fraction of sp³-hybridized carbons (Fsp3) is 0.440. The van der Waals surface area contributed by atoms with Gasteiger partial charge in [0, 0.05) is 43.4 Å². The maximum Gasteiger partial charge on any atom is 0.255 e. The van der Waals surface area contributed by atoms with Crippen LogP contribution < -0.4 is 5.32 Å². The molecule has 1 aliphatic carbocycles. The zero-order chi connectivity index (χ0) is 22.2. The third-order valence-corrected chi connectivity index (χ3v) is 6.89. The van der Waals surface area contributed by atoms with Crippen molar-refractivity contribution in [3.8, 4) is 11.3 Å². The lowest BCUT2D eigenvalue weighted by atomic mass is 9.85. The average Bonchev–Trinajstić information content (AvgIpc) is 3.07. The number of hydrogen-bond acceptors (Lipinski definition) is 5. The molecule has 1 aromatic carbocycles. The molecule has 7 heteroatoms. The first kappa shape index (κ1) is 20.8. The van der Waals surface area contributed by atoms with Crippen LogP contribution in [0.4, 0.5) is 0 Å². The summed E-state index contributed by atoms with van der Waals surface area (Å²) in [5.74, 6) is 0.0215. The molecular formula is C25H28N4O3. The largest absolute Gasteiger partial charge is 0.322 e. The van der Waals surface area contributed by atoms with E-state index in [1.54, 1.807) is 4.90 Å². The van der Waals surface area contributed by atoms with Gasteiger partial charge in [-0.2, -0.15) is 0 Å². The molecule has 3 heterocycles. The van der Waals surface area contributed by atoms with Crippen LogP contribution in [0.3, 0.4) is 0 Å². The molecule has 3 amide bonds. The summed E-state index contributed by atoms with van der Waals surface area (Å²) >= 11 is 0. The Balaban J connectivity index is 1.32. The first-order chi connectivity index (χ1) is 15.5. The zero-order valence-corrected chi connectivity index (χ0v) is 18.3. The summed E-state index contributed by atoms with van der Waals surface area (Å²) in [5.41, 5.74) is 4.58. The van der Waals surface area contributed by atoms with E-state index in [2.05, 4.69) is 34.4 Å². The number of hydrogen-bond donors (Lipinski definition) is 1. The maximum absolute atomic E-state index is 12.9. The molecule has 1 saturated heterocycles. The molecule has 0 radical (unpaired) electrons. The smallest absolute Gasteiger partial charge is 0.255 e. The van der Waals surface area contributed by atoms with Crippen molar-refractivity contribution in [1.29, 1.82) is 0 Å².